The molecule has 0 saturated carbocycles. The van der Waals surface area contributed by atoms with Crippen molar-refractivity contribution in [1.29, 1.82) is 0 Å². The molecule has 0 spiro atoms. The number of carbonyl (C=O) groups is 1. The molecule has 0 aliphatic carbocycles. The Bertz CT molecular complexity index is 1550. The van der Waals surface area contributed by atoms with Crippen LogP contribution >= 0.6 is 0 Å². The number of rotatable bonds is 7. The third-order valence-electron chi connectivity index (χ3n) is 5.57. The third-order valence-corrected chi connectivity index (χ3v) is 5.57. The number of aryl methyl sites for hydroxylation is 1. The van der Waals surface area contributed by atoms with E-state index in [1.165, 1.54) is 21.3 Å². The average Bonchev–Trinajstić information content (AvgIpc) is 3.53. The molecule has 3 heterocycles. The number of nitrogens with one attached hydrogen (secondary N) is 1. The lowest BCUT2D eigenvalue weighted by Crippen LogP contribution is -2.12. The van der Waals surface area contributed by atoms with E-state index in [4.69, 9.17) is 23.7 Å². The molecule has 0 aliphatic heterocycles. The Balaban J connectivity index is 1.45. The maximum atomic E-state index is 13.0. The van der Waals surface area contributed by atoms with Gasteiger partial charge in [0.25, 0.3) is 5.91 Å². The number of anilines is 1. The van der Waals surface area contributed by atoms with E-state index >= 15 is 0 Å². The van der Waals surface area contributed by atoms with Gasteiger partial charge >= 0.3 is 0 Å². The van der Waals surface area contributed by atoms with Crippen molar-refractivity contribution in [3.63, 3.8) is 0 Å². The first-order valence-electron chi connectivity index (χ1n) is 11.0. The summed E-state index contributed by atoms with van der Waals surface area (Å²) < 4.78 is 23.4. The zero-order valence-corrected chi connectivity index (χ0v) is 20.1. The fraction of sp³-hybridized carbons (Fsp3) is 0.154. The second-order valence-electron chi connectivity index (χ2n) is 7.87. The Morgan fingerprint density at radius 3 is 2.36 bits per heavy atom. The van der Waals surface area contributed by atoms with Crippen molar-refractivity contribution in [2.45, 2.75) is 6.92 Å². The minimum atomic E-state index is -0.330. The molecule has 0 aliphatic rings. The van der Waals surface area contributed by atoms with E-state index < -0.39 is 0 Å². The zero-order chi connectivity index (χ0) is 25.2. The Morgan fingerprint density at radius 1 is 0.917 bits per heavy atom. The van der Waals surface area contributed by atoms with Crippen molar-refractivity contribution < 1.29 is 23.4 Å². The summed E-state index contributed by atoms with van der Waals surface area (Å²) in [6.07, 6.45) is 0. The maximum Gasteiger partial charge on any atom is 0.255 e. The highest BCUT2D eigenvalue weighted by molar-refractivity contribution is 6.05. The molecular weight excluding hydrogens is 462 g/mol. The van der Waals surface area contributed by atoms with Crippen molar-refractivity contribution in [3.05, 3.63) is 72.0 Å². The number of benzene rings is 2. The van der Waals surface area contributed by atoms with Crippen LogP contribution in [0.3, 0.4) is 0 Å². The Labute approximate surface area is 206 Å². The van der Waals surface area contributed by atoms with Gasteiger partial charge in [0, 0.05) is 16.8 Å². The van der Waals surface area contributed by atoms with Gasteiger partial charge in [-0.2, -0.15) is 9.61 Å². The standard InChI is InChI=1S/C26H23N5O5/c1-15-8-10-20(36-15)25-29-28-23-11-9-19(30-31(23)25)16-6-5-7-18(12-16)27-26(32)17-13-21(33-2)24(35-4)22(14-17)34-3/h5-14H,1-4H3,(H,27,32). The van der Waals surface area contributed by atoms with Gasteiger partial charge in [0.15, 0.2) is 22.9 Å². The van der Waals surface area contributed by atoms with Crippen LogP contribution in [0.5, 0.6) is 17.2 Å². The van der Waals surface area contributed by atoms with Gasteiger partial charge in [0.2, 0.25) is 11.6 Å². The van der Waals surface area contributed by atoms with E-state index in [9.17, 15) is 4.79 Å². The van der Waals surface area contributed by atoms with E-state index in [2.05, 4.69) is 15.5 Å². The Hall–Kier alpha value is -4.86. The zero-order valence-electron chi connectivity index (χ0n) is 20.1. The van der Waals surface area contributed by atoms with Crippen LogP contribution in [0.4, 0.5) is 5.69 Å². The molecule has 1 amide bonds. The number of hydrogen-bond donors (Lipinski definition) is 1. The number of carbonyl (C=O) groups excluding carboxylic acids is 1. The minimum absolute atomic E-state index is 0.330. The summed E-state index contributed by atoms with van der Waals surface area (Å²) in [6.45, 7) is 1.86. The Morgan fingerprint density at radius 2 is 1.69 bits per heavy atom. The molecule has 5 aromatic rings. The van der Waals surface area contributed by atoms with Gasteiger partial charge in [-0.25, -0.2) is 0 Å². The molecule has 0 saturated heterocycles. The summed E-state index contributed by atoms with van der Waals surface area (Å²) in [6, 6.07) is 18.0. The molecule has 0 unspecified atom stereocenters. The van der Waals surface area contributed by atoms with Gasteiger partial charge in [-0.15, -0.1) is 10.2 Å². The maximum absolute atomic E-state index is 13.0. The van der Waals surface area contributed by atoms with Crippen molar-refractivity contribution >= 4 is 17.2 Å². The molecule has 10 nitrogen and oxygen atoms in total. The number of fused-ring (bicyclic) bond motifs is 1. The summed E-state index contributed by atoms with van der Waals surface area (Å²) in [7, 11) is 4.51. The van der Waals surface area contributed by atoms with Crippen LogP contribution in [-0.2, 0) is 0 Å². The molecule has 36 heavy (non-hydrogen) atoms. The van der Waals surface area contributed by atoms with Crippen LogP contribution in [0.25, 0.3) is 28.5 Å². The molecule has 2 aromatic carbocycles. The van der Waals surface area contributed by atoms with Crippen molar-refractivity contribution in [1.82, 2.24) is 19.8 Å². The molecule has 3 aromatic heterocycles. The molecule has 0 radical (unpaired) electrons. The first-order valence-corrected chi connectivity index (χ1v) is 11.0. The van der Waals surface area contributed by atoms with Crippen LogP contribution in [0.15, 0.2) is 65.1 Å². The van der Waals surface area contributed by atoms with Crippen molar-refractivity contribution in [3.8, 4) is 40.1 Å². The summed E-state index contributed by atoms with van der Waals surface area (Å²) in [5.74, 6) is 2.73. The second kappa shape index (κ2) is 9.41. The lowest BCUT2D eigenvalue weighted by molar-refractivity contribution is 0.102. The number of methoxy groups -OCH3 is 3. The Kier molecular flexibility index (Phi) is 5.99. The number of nitrogens with zero attached hydrogens (tertiary/aromatic N) is 4. The molecule has 1 N–H and O–H groups in total. The highest BCUT2D eigenvalue weighted by Crippen LogP contribution is 2.38. The monoisotopic (exact) mass is 485 g/mol. The van der Waals surface area contributed by atoms with Gasteiger partial charge in [-0.05, 0) is 55.5 Å². The van der Waals surface area contributed by atoms with E-state index in [0.717, 1.165) is 11.3 Å². The fourth-order valence-electron chi connectivity index (χ4n) is 3.82. The summed E-state index contributed by atoms with van der Waals surface area (Å²) in [5, 5.41) is 16.0. The van der Waals surface area contributed by atoms with Gasteiger partial charge in [0.1, 0.15) is 5.76 Å². The lowest BCUT2D eigenvalue weighted by atomic mass is 10.1. The first kappa shape index (κ1) is 22.9. The van der Waals surface area contributed by atoms with E-state index in [1.807, 2.05) is 49.4 Å². The largest absolute Gasteiger partial charge is 0.493 e. The van der Waals surface area contributed by atoms with E-state index in [-0.39, 0.29) is 5.91 Å². The molecule has 10 heteroatoms. The molecular formula is C26H23N5O5. The average molecular weight is 486 g/mol. The van der Waals surface area contributed by atoms with Gasteiger partial charge in [-0.1, -0.05) is 12.1 Å². The van der Waals surface area contributed by atoms with Crippen LogP contribution in [0.2, 0.25) is 0 Å². The predicted octanol–water partition coefficient (Wildman–Crippen LogP) is 4.64. The first-order chi connectivity index (χ1) is 17.5. The number of furan rings is 1. The highest BCUT2D eigenvalue weighted by Gasteiger charge is 2.18. The number of hydrogen-bond acceptors (Lipinski definition) is 8. The van der Waals surface area contributed by atoms with Crippen LogP contribution in [-0.4, -0.2) is 47.0 Å². The number of aromatic nitrogens is 4. The second-order valence-corrected chi connectivity index (χ2v) is 7.87. The van der Waals surface area contributed by atoms with Crippen LogP contribution < -0.4 is 19.5 Å². The summed E-state index contributed by atoms with van der Waals surface area (Å²) in [4.78, 5) is 13.0. The number of amides is 1. The van der Waals surface area contributed by atoms with E-state index in [0.29, 0.717) is 51.4 Å². The van der Waals surface area contributed by atoms with Crippen LogP contribution in [0.1, 0.15) is 16.1 Å². The third kappa shape index (κ3) is 4.20. The minimum Gasteiger partial charge on any atom is -0.493 e. The lowest BCUT2D eigenvalue weighted by Gasteiger charge is -2.14. The van der Waals surface area contributed by atoms with Gasteiger partial charge in [-0.3, -0.25) is 4.79 Å². The van der Waals surface area contributed by atoms with Crippen LogP contribution in [0, 0.1) is 6.92 Å². The summed E-state index contributed by atoms with van der Waals surface area (Å²) in [5.41, 5.74) is 3.02. The molecule has 0 fully saturated rings. The molecule has 0 bridgehead atoms. The highest BCUT2D eigenvalue weighted by atomic mass is 16.5. The quantitative estimate of drug-likeness (QED) is 0.355. The SMILES string of the molecule is COc1cc(C(=O)Nc2cccc(-c3ccc4nnc(-c5ccc(C)o5)n4n3)c2)cc(OC)c1OC. The van der Waals surface area contributed by atoms with Crippen molar-refractivity contribution in [2.24, 2.45) is 0 Å². The molecule has 0 atom stereocenters. The fourth-order valence-corrected chi connectivity index (χ4v) is 3.82. The normalized spacial score (nSPS) is 10.9. The number of ether oxygens (including phenoxy) is 3. The molecule has 5 rings (SSSR count). The predicted molar refractivity (Wildman–Crippen MR) is 133 cm³/mol. The smallest absolute Gasteiger partial charge is 0.255 e. The summed E-state index contributed by atoms with van der Waals surface area (Å²) >= 11 is 0. The van der Waals surface area contributed by atoms with Gasteiger partial charge < -0.3 is 23.9 Å². The van der Waals surface area contributed by atoms with Crippen molar-refractivity contribution in [2.75, 3.05) is 26.6 Å². The molecule has 182 valence electrons. The van der Waals surface area contributed by atoms with Gasteiger partial charge in [0.05, 0.1) is 27.0 Å². The topological polar surface area (TPSA) is 113 Å². The van der Waals surface area contributed by atoms with E-state index in [1.54, 1.807) is 22.7 Å².